The molecule has 2 aromatic carbocycles. The number of hydrogen-bond donors (Lipinski definition) is 3. The number of benzene rings is 2. The van der Waals surface area contributed by atoms with Crippen molar-refractivity contribution in [2.24, 2.45) is 15.7 Å². The van der Waals surface area contributed by atoms with Gasteiger partial charge >= 0.3 is 0 Å². The molecule has 2 aromatic rings. The zero-order valence-corrected chi connectivity index (χ0v) is 20.2. The number of fused-ring (bicyclic) bond motifs is 1. The Morgan fingerprint density at radius 3 is 2.81 bits per heavy atom. The molecule has 1 atom stereocenters. The van der Waals surface area contributed by atoms with Crippen LogP contribution in [0.4, 0.5) is 5.69 Å². The number of amidine groups is 1. The number of ether oxygens (including phenoxy) is 3. The van der Waals surface area contributed by atoms with Crippen LogP contribution in [-0.2, 0) is 14.3 Å². The third-order valence-electron chi connectivity index (χ3n) is 4.95. The molecular formula is C27H29N5O4. The molecule has 9 nitrogen and oxygen atoms in total. The molecule has 0 saturated carbocycles. The molecule has 1 aliphatic rings. The molecule has 0 saturated heterocycles. The van der Waals surface area contributed by atoms with Gasteiger partial charge in [0.05, 0.1) is 18.0 Å². The quantitative estimate of drug-likeness (QED) is 0.214. The Bertz CT molecular complexity index is 1250. The summed E-state index contributed by atoms with van der Waals surface area (Å²) in [7, 11) is 1.59. The van der Waals surface area contributed by atoms with Crippen LogP contribution in [0, 0.1) is 5.41 Å². The molecule has 1 heterocycles. The van der Waals surface area contributed by atoms with Crippen LogP contribution in [-0.4, -0.2) is 50.0 Å². The fraction of sp³-hybridized carbons (Fsp3) is 0.185. The molecule has 0 aliphatic carbocycles. The number of nitrogens with two attached hydrogens (primary N) is 1. The van der Waals surface area contributed by atoms with E-state index >= 15 is 0 Å². The summed E-state index contributed by atoms with van der Waals surface area (Å²) < 4.78 is 16.0. The van der Waals surface area contributed by atoms with Gasteiger partial charge in [0.15, 0.2) is 0 Å². The topological polar surface area (TPSA) is 131 Å². The number of benzodiazepines with no additional fused rings is 1. The SMILES string of the molecule is C=C/C=C(\C=C/C)C1=NC(/N=C(\N)OC(=N)c2cccc(OCCOC)c2)C(=O)Nc2ccccc21. The molecule has 36 heavy (non-hydrogen) atoms. The molecular weight excluding hydrogens is 458 g/mol. The van der Waals surface area contributed by atoms with Crippen molar-refractivity contribution in [1.29, 1.82) is 5.41 Å². The molecule has 9 heteroatoms. The van der Waals surface area contributed by atoms with E-state index in [0.29, 0.717) is 35.9 Å². The minimum absolute atomic E-state index is 0.254. The van der Waals surface area contributed by atoms with Crippen LogP contribution in [0.3, 0.4) is 0 Å². The van der Waals surface area contributed by atoms with Gasteiger partial charge in [0.1, 0.15) is 12.4 Å². The molecule has 1 amide bonds. The van der Waals surface area contributed by atoms with Gasteiger partial charge in [-0.1, -0.05) is 55.1 Å². The van der Waals surface area contributed by atoms with Crippen LogP contribution in [0.1, 0.15) is 18.1 Å². The number of amides is 1. The second kappa shape index (κ2) is 12.8. The first-order chi connectivity index (χ1) is 17.5. The van der Waals surface area contributed by atoms with Gasteiger partial charge < -0.3 is 25.3 Å². The van der Waals surface area contributed by atoms with E-state index in [4.69, 9.17) is 25.4 Å². The first kappa shape index (κ1) is 26.1. The van der Waals surface area contributed by atoms with E-state index < -0.39 is 12.1 Å². The Morgan fingerprint density at radius 1 is 1.25 bits per heavy atom. The zero-order chi connectivity index (χ0) is 25.9. The largest absolute Gasteiger partial charge is 0.491 e. The maximum atomic E-state index is 12.9. The number of para-hydroxylation sites is 1. The minimum atomic E-state index is -1.23. The molecule has 0 fully saturated rings. The number of rotatable bonds is 9. The number of aliphatic imine (C=N–C) groups is 2. The van der Waals surface area contributed by atoms with E-state index in [1.165, 1.54) is 0 Å². The number of methoxy groups -OCH3 is 1. The monoisotopic (exact) mass is 487 g/mol. The lowest BCUT2D eigenvalue weighted by molar-refractivity contribution is -0.117. The Kier molecular flexibility index (Phi) is 9.30. The lowest BCUT2D eigenvalue weighted by Crippen LogP contribution is -2.29. The summed E-state index contributed by atoms with van der Waals surface area (Å²) in [6.07, 6.45) is 5.94. The second-order valence-corrected chi connectivity index (χ2v) is 7.51. The average Bonchev–Trinajstić information content (AvgIpc) is 3.00. The van der Waals surface area contributed by atoms with Crippen LogP contribution in [0.15, 0.2) is 95.0 Å². The van der Waals surface area contributed by atoms with Gasteiger partial charge in [0.25, 0.3) is 11.9 Å². The Hall–Kier alpha value is -4.50. The van der Waals surface area contributed by atoms with E-state index in [0.717, 1.165) is 11.1 Å². The fourth-order valence-electron chi connectivity index (χ4n) is 3.36. The van der Waals surface area contributed by atoms with Gasteiger partial charge in [-0.2, -0.15) is 4.99 Å². The second-order valence-electron chi connectivity index (χ2n) is 7.51. The minimum Gasteiger partial charge on any atom is -0.491 e. The van der Waals surface area contributed by atoms with Crippen molar-refractivity contribution >= 4 is 29.2 Å². The van der Waals surface area contributed by atoms with Crippen molar-refractivity contribution < 1.29 is 19.0 Å². The van der Waals surface area contributed by atoms with Gasteiger partial charge in [-0.3, -0.25) is 10.2 Å². The summed E-state index contributed by atoms with van der Waals surface area (Å²) in [5.74, 6) is -0.187. The molecule has 1 aliphatic heterocycles. The maximum Gasteiger partial charge on any atom is 0.291 e. The third-order valence-corrected chi connectivity index (χ3v) is 4.95. The van der Waals surface area contributed by atoms with E-state index in [1.54, 1.807) is 49.6 Å². The van der Waals surface area contributed by atoms with E-state index in [2.05, 4.69) is 21.9 Å². The van der Waals surface area contributed by atoms with Crippen molar-refractivity contribution in [3.05, 3.63) is 96.1 Å². The number of carbonyl (C=O) groups excluding carboxylic acids is 1. The summed E-state index contributed by atoms with van der Waals surface area (Å²) >= 11 is 0. The van der Waals surface area contributed by atoms with Gasteiger partial charge in [0.2, 0.25) is 12.1 Å². The summed E-state index contributed by atoms with van der Waals surface area (Å²) in [5.41, 5.74) is 9.01. The standard InChI is InChI=1S/C27H29N5O4/c1-4-9-18(10-5-2)23-21-13-6-7-14-22(21)30-26(33)25(31-23)32-27(29)36-24(28)19-11-8-12-20(17-19)35-16-15-34-3/h4-14,17,25,28H,1,15-16H2,2-3H3,(H2,29,32)(H,30,33)/b10-5-,18-9+,28-24?. The van der Waals surface area contributed by atoms with Gasteiger partial charge in [-0.15, -0.1) is 0 Å². The Labute approximate surface area is 210 Å². The van der Waals surface area contributed by atoms with Gasteiger partial charge in [-0.05, 0) is 31.2 Å². The summed E-state index contributed by atoms with van der Waals surface area (Å²) in [4.78, 5) is 21.7. The number of allylic oxidation sites excluding steroid dienone is 5. The number of nitrogens with one attached hydrogen (secondary N) is 2. The highest BCUT2D eigenvalue weighted by Gasteiger charge is 2.26. The fourth-order valence-corrected chi connectivity index (χ4v) is 3.36. The van der Waals surface area contributed by atoms with Crippen molar-refractivity contribution in [2.75, 3.05) is 25.6 Å². The van der Waals surface area contributed by atoms with E-state index in [-0.39, 0.29) is 11.9 Å². The molecule has 186 valence electrons. The molecule has 4 N–H and O–H groups in total. The van der Waals surface area contributed by atoms with Gasteiger partial charge in [0, 0.05) is 23.8 Å². The van der Waals surface area contributed by atoms with E-state index in [9.17, 15) is 4.79 Å². The summed E-state index contributed by atoms with van der Waals surface area (Å²) in [6, 6.07) is 13.7. The smallest absolute Gasteiger partial charge is 0.291 e. The van der Waals surface area contributed by atoms with Crippen LogP contribution in [0.25, 0.3) is 0 Å². The maximum absolute atomic E-state index is 12.9. The predicted molar refractivity (Wildman–Crippen MR) is 142 cm³/mol. The molecule has 3 rings (SSSR count). The Balaban J connectivity index is 1.88. The number of nitrogens with zero attached hydrogens (tertiary/aromatic N) is 2. The molecule has 1 unspecified atom stereocenters. The number of carbonyl (C=O) groups is 1. The van der Waals surface area contributed by atoms with E-state index in [1.807, 2.05) is 37.3 Å². The molecule has 0 aromatic heterocycles. The van der Waals surface area contributed by atoms with Crippen LogP contribution in [0.5, 0.6) is 5.75 Å². The first-order valence-electron chi connectivity index (χ1n) is 11.2. The van der Waals surface area contributed by atoms with Crippen molar-refractivity contribution in [3.63, 3.8) is 0 Å². The third kappa shape index (κ3) is 6.77. The summed E-state index contributed by atoms with van der Waals surface area (Å²) in [6.45, 7) is 6.46. The lowest BCUT2D eigenvalue weighted by Gasteiger charge is -2.11. The van der Waals surface area contributed by atoms with Crippen molar-refractivity contribution in [1.82, 2.24) is 0 Å². The summed E-state index contributed by atoms with van der Waals surface area (Å²) in [5, 5.41) is 11.1. The predicted octanol–water partition coefficient (Wildman–Crippen LogP) is 3.82. The normalized spacial score (nSPS) is 16.0. The van der Waals surface area contributed by atoms with Gasteiger partial charge in [-0.25, -0.2) is 4.99 Å². The first-order valence-corrected chi connectivity index (χ1v) is 11.2. The highest BCUT2D eigenvalue weighted by molar-refractivity contribution is 6.20. The molecule has 0 bridgehead atoms. The van der Waals surface area contributed by atoms with Crippen LogP contribution < -0.4 is 15.8 Å². The average molecular weight is 488 g/mol. The lowest BCUT2D eigenvalue weighted by atomic mass is 10.00. The zero-order valence-electron chi connectivity index (χ0n) is 20.2. The van der Waals surface area contributed by atoms with Crippen molar-refractivity contribution in [3.8, 4) is 5.75 Å². The van der Waals surface area contributed by atoms with Crippen LogP contribution >= 0.6 is 0 Å². The molecule has 0 spiro atoms. The molecule has 0 radical (unpaired) electrons. The van der Waals surface area contributed by atoms with Crippen molar-refractivity contribution in [2.45, 2.75) is 13.1 Å². The highest BCUT2D eigenvalue weighted by Crippen LogP contribution is 2.25. The number of anilines is 1. The van der Waals surface area contributed by atoms with Crippen LogP contribution in [0.2, 0.25) is 0 Å². The number of hydrogen-bond acceptors (Lipinski definition) is 7. The highest BCUT2D eigenvalue weighted by atomic mass is 16.5. The Morgan fingerprint density at radius 2 is 2.06 bits per heavy atom.